The molecule has 0 aliphatic carbocycles. The molecule has 0 aromatic heterocycles. The number of fused-ring (bicyclic) bond motifs is 1. The van der Waals surface area contributed by atoms with Crippen LogP contribution < -0.4 is 10.6 Å². The summed E-state index contributed by atoms with van der Waals surface area (Å²) in [6, 6.07) is 12.2. The Kier molecular flexibility index (Phi) is 4.03. The summed E-state index contributed by atoms with van der Waals surface area (Å²) in [5.41, 5.74) is 3.00. The quantitative estimate of drug-likeness (QED) is 0.874. The van der Waals surface area contributed by atoms with Crippen molar-refractivity contribution in [3.05, 3.63) is 63.9 Å². The van der Waals surface area contributed by atoms with Gasteiger partial charge in [-0.3, -0.25) is 4.79 Å². The summed E-state index contributed by atoms with van der Waals surface area (Å²) in [7, 11) is 0. The van der Waals surface area contributed by atoms with E-state index in [0.29, 0.717) is 23.1 Å². The number of carbonyl (C=O) groups excluding carboxylic acids is 1. The van der Waals surface area contributed by atoms with Crippen molar-refractivity contribution in [2.75, 3.05) is 5.32 Å². The lowest BCUT2D eigenvalue weighted by Crippen LogP contribution is -2.44. The van der Waals surface area contributed by atoms with Crippen LogP contribution in [0, 0.1) is 5.82 Å². The van der Waals surface area contributed by atoms with Gasteiger partial charge in [-0.05, 0) is 51.7 Å². The second-order valence-electron chi connectivity index (χ2n) is 5.02. The summed E-state index contributed by atoms with van der Waals surface area (Å²) in [5, 5.41) is 6.04. The number of rotatable bonds is 2. The molecule has 1 heterocycles. The van der Waals surface area contributed by atoms with Crippen molar-refractivity contribution in [2.24, 2.45) is 0 Å². The molecular formula is C16H14BrFN2O. The van der Waals surface area contributed by atoms with Crippen LogP contribution in [0.4, 0.5) is 10.1 Å². The van der Waals surface area contributed by atoms with E-state index in [-0.39, 0.29) is 17.8 Å². The van der Waals surface area contributed by atoms with E-state index in [1.165, 1.54) is 17.2 Å². The predicted octanol–water partition coefficient (Wildman–Crippen LogP) is 3.24. The molecule has 108 valence electrons. The molecule has 5 heteroatoms. The molecule has 0 bridgehead atoms. The summed E-state index contributed by atoms with van der Waals surface area (Å²) in [4.78, 5) is 12.3. The van der Waals surface area contributed by atoms with Crippen molar-refractivity contribution in [1.82, 2.24) is 5.32 Å². The normalized spacial score (nSPS) is 17.1. The first-order valence-corrected chi connectivity index (χ1v) is 7.49. The standard InChI is InChI=1S/C16H14BrFN2O/c17-13-8-12(5-6-14(13)18)20-16(21)15-7-10-3-1-2-4-11(10)9-19-15/h1-6,8,15,19H,7,9H2,(H,20,21). The van der Waals surface area contributed by atoms with Crippen molar-refractivity contribution in [3.8, 4) is 0 Å². The van der Waals surface area contributed by atoms with Gasteiger partial charge < -0.3 is 10.6 Å². The zero-order valence-corrected chi connectivity index (χ0v) is 12.8. The number of benzene rings is 2. The summed E-state index contributed by atoms with van der Waals surface area (Å²) in [6.45, 7) is 0.682. The highest BCUT2D eigenvalue weighted by molar-refractivity contribution is 9.10. The summed E-state index contributed by atoms with van der Waals surface area (Å²) < 4.78 is 13.5. The average Bonchev–Trinajstić information content (AvgIpc) is 2.50. The van der Waals surface area contributed by atoms with Gasteiger partial charge in [0.25, 0.3) is 0 Å². The molecule has 1 aliphatic rings. The topological polar surface area (TPSA) is 41.1 Å². The number of halogens is 2. The maximum atomic E-state index is 13.2. The van der Waals surface area contributed by atoms with Crippen molar-refractivity contribution in [2.45, 2.75) is 19.0 Å². The summed E-state index contributed by atoms with van der Waals surface area (Å²) >= 11 is 3.11. The Labute approximate surface area is 130 Å². The van der Waals surface area contributed by atoms with Crippen molar-refractivity contribution < 1.29 is 9.18 Å². The fourth-order valence-electron chi connectivity index (χ4n) is 2.44. The van der Waals surface area contributed by atoms with Crippen LogP contribution in [-0.2, 0) is 17.8 Å². The van der Waals surface area contributed by atoms with Crippen LogP contribution in [0.25, 0.3) is 0 Å². The maximum Gasteiger partial charge on any atom is 0.241 e. The Bertz CT molecular complexity index is 690. The first-order chi connectivity index (χ1) is 10.1. The molecule has 1 amide bonds. The molecule has 0 fully saturated rings. The highest BCUT2D eigenvalue weighted by Crippen LogP contribution is 2.21. The van der Waals surface area contributed by atoms with E-state index in [1.807, 2.05) is 18.2 Å². The molecule has 0 saturated heterocycles. The molecule has 2 aromatic carbocycles. The Morgan fingerprint density at radius 3 is 2.76 bits per heavy atom. The number of nitrogens with one attached hydrogen (secondary N) is 2. The van der Waals surface area contributed by atoms with Crippen molar-refractivity contribution in [1.29, 1.82) is 0 Å². The largest absolute Gasteiger partial charge is 0.325 e. The Balaban J connectivity index is 1.70. The van der Waals surface area contributed by atoms with Crippen LogP contribution >= 0.6 is 15.9 Å². The predicted molar refractivity (Wildman–Crippen MR) is 83.5 cm³/mol. The Morgan fingerprint density at radius 2 is 2.00 bits per heavy atom. The molecule has 2 aromatic rings. The molecule has 0 saturated carbocycles. The van der Waals surface area contributed by atoms with Gasteiger partial charge in [0.05, 0.1) is 10.5 Å². The highest BCUT2D eigenvalue weighted by Gasteiger charge is 2.23. The molecule has 1 atom stereocenters. The van der Waals surface area contributed by atoms with Crippen molar-refractivity contribution in [3.63, 3.8) is 0 Å². The van der Waals surface area contributed by atoms with Crippen LogP contribution in [0.3, 0.4) is 0 Å². The van der Waals surface area contributed by atoms with Gasteiger partial charge in [0.2, 0.25) is 5.91 Å². The van der Waals surface area contributed by atoms with Crippen LogP contribution in [0.15, 0.2) is 46.9 Å². The van der Waals surface area contributed by atoms with E-state index in [4.69, 9.17) is 0 Å². The molecule has 1 unspecified atom stereocenters. The average molecular weight is 349 g/mol. The second kappa shape index (κ2) is 5.95. The minimum Gasteiger partial charge on any atom is -0.325 e. The lowest BCUT2D eigenvalue weighted by molar-refractivity contribution is -0.118. The van der Waals surface area contributed by atoms with Crippen LogP contribution in [-0.4, -0.2) is 11.9 Å². The minimum absolute atomic E-state index is 0.108. The summed E-state index contributed by atoms with van der Waals surface area (Å²) in [6.07, 6.45) is 0.657. The van der Waals surface area contributed by atoms with Crippen molar-refractivity contribution >= 4 is 27.5 Å². The third kappa shape index (κ3) is 3.14. The van der Waals surface area contributed by atoms with Gasteiger partial charge in [0.1, 0.15) is 5.82 Å². The van der Waals surface area contributed by atoms with E-state index in [9.17, 15) is 9.18 Å². The first-order valence-electron chi connectivity index (χ1n) is 6.69. The highest BCUT2D eigenvalue weighted by atomic mass is 79.9. The first kappa shape index (κ1) is 14.2. The van der Waals surface area contributed by atoms with Gasteiger partial charge in [0, 0.05) is 12.2 Å². The monoisotopic (exact) mass is 348 g/mol. The molecule has 0 spiro atoms. The van der Waals surface area contributed by atoms with Crippen LogP contribution in [0.2, 0.25) is 0 Å². The molecule has 3 rings (SSSR count). The van der Waals surface area contributed by atoms with E-state index in [1.54, 1.807) is 12.1 Å². The smallest absolute Gasteiger partial charge is 0.241 e. The van der Waals surface area contributed by atoms with E-state index in [0.717, 1.165) is 0 Å². The van der Waals surface area contributed by atoms with Crippen LogP contribution in [0.5, 0.6) is 0 Å². The third-order valence-electron chi connectivity index (χ3n) is 3.58. The fourth-order valence-corrected chi connectivity index (χ4v) is 2.82. The molecule has 21 heavy (non-hydrogen) atoms. The Morgan fingerprint density at radius 1 is 1.24 bits per heavy atom. The van der Waals surface area contributed by atoms with Gasteiger partial charge in [-0.1, -0.05) is 24.3 Å². The molecular weight excluding hydrogens is 335 g/mol. The third-order valence-corrected chi connectivity index (χ3v) is 4.19. The van der Waals surface area contributed by atoms with E-state index < -0.39 is 0 Å². The van der Waals surface area contributed by atoms with Gasteiger partial charge in [-0.15, -0.1) is 0 Å². The molecule has 3 nitrogen and oxygen atoms in total. The number of hydrogen-bond acceptors (Lipinski definition) is 2. The van der Waals surface area contributed by atoms with Crippen LogP contribution in [0.1, 0.15) is 11.1 Å². The lowest BCUT2D eigenvalue weighted by Gasteiger charge is -2.25. The van der Waals surface area contributed by atoms with E-state index >= 15 is 0 Å². The Hall–Kier alpha value is -1.72. The minimum atomic E-state index is -0.349. The molecule has 2 N–H and O–H groups in total. The van der Waals surface area contributed by atoms with E-state index in [2.05, 4.69) is 32.6 Å². The number of amides is 1. The van der Waals surface area contributed by atoms with Gasteiger partial charge in [-0.2, -0.15) is 0 Å². The lowest BCUT2D eigenvalue weighted by atomic mass is 9.95. The number of anilines is 1. The summed E-state index contributed by atoms with van der Waals surface area (Å²) in [5.74, 6) is -0.458. The second-order valence-corrected chi connectivity index (χ2v) is 5.88. The number of hydrogen-bond donors (Lipinski definition) is 2. The van der Waals surface area contributed by atoms with Gasteiger partial charge in [0.15, 0.2) is 0 Å². The molecule has 0 radical (unpaired) electrons. The van der Waals surface area contributed by atoms with Gasteiger partial charge >= 0.3 is 0 Å². The van der Waals surface area contributed by atoms with Gasteiger partial charge in [-0.25, -0.2) is 4.39 Å². The maximum absolute atomic E-state index is 13.2. The fraction of sp³-hybridized carbons (Fsp3) is 0.188. The zero-order valence-electron chi connectivity index (χ0n) is 11.2. The zero-order chi connectivity index (χ0) is 14.8. The number of carbonyl (C=O) groups is 1. The SMILES string of the molecule is O=C(Nc1ccc(F)c(Br)c1)C1Cc2ccccc2CN1. The molecule has 1 aliphatic heterocycles.